The first-order valence-electron chi connectivity index (χ1n) is 7.37. The van der Waals surface area contributed by atoms with Crippen molar-refractivity contribution in [3.8, 4) is 0 Å². The monoisotopic (exact) mass is 361 g/mol. The number of hydrogen-bond acceptors (Lipinski definition) is 2. The van der Waals surface area contributed by atoms with Crippen molar-refractivity contribution >= 4 is 27.7 Å². The lowest BCUT2D eigenvalue weighted by Crippen LogP contribution is -2.33. The van der Waals surface area contributed by atoms with Gasteiger partial charge in [0.2, 0.25) is 0 Å². The van der Waals surface area contributed by atoms with E-state index in [0.29, 0.717) is 17.2 Å². The molecule has 0 radical (unpaired) electrons. The minimum Gasteiger partial charge on any atom is -0.312 e. The third kappa shape index (κ3) is 3.20. The van der Waals surface area contributed by atoms with Crippen LogP contribution in [0, 0.1) is 0 Å². The molecule has 0 saturated carbocycles. The molecule has 0 spiro atoms. The molecule has 0 aliphatic heterocycles. The lowest BCUT2D eigenvalue weighted by Gasteiger charge is -2.36. The lowest BCUT2D eigenvalue weighted by molar-refractivity contribution is 0.473. The van der Waals surface area contributed by atoms with Gasteiger partial charge >= 0.3 is 0 Å². The molecule has 0 saturated heterocycles. The highest BCUT2D eigenvalue weighted by atomic mass is 79.9. The zero-order valence-electron chi connectivity index (χ0n) is 12.3. The molecular formula is C18H20BrNS. The van der Waals surface area contributed by atoms with Crippen molar-refractivity contribution in [3.63, 3.8) is 0 Å². The minimum atomic E-state index is 0.418. The van der Waals surface area contributed by atoms with E-state index < -0.39 is 0 Å². The van der Waals surface area contributed by atoms with E-state index in [4.69, 9.17) is 0 Å². The first-order valence-corrected chi connectivity index (χ1v) is 9.04. The van der Waals surface area contributed by atoms with Crippen LogP contribution in [0.3, 0.4) is 0 Å². The maximum Gasteiger partial charge on any atom is 0.0444 e. The molecule has 110 valence electrons. The number of hydrogen-bond donors (Lipinski definition) is 1. The van der Waals surface area contributed by atoms with Crippen molar-refractivity contribution in [1.29, 1.82) is 0 Å². The third-order valence-electron chi connectivity index (χ3n) is 4.21. The van der Waals surface area contributed by atoms with Gasteiger partial charge in [-0.3, -0.25) is 0 Å². The fraction of sp³-hybridized carbons (Fsp3) is 0.333. The predicted molar refractivity (Wildman–Crippen MR) is 95.1 cm³/mol. The topological polar surface area (TPSA) is 12.0 Å². The Bertz CT molecular complexity index is 628. The Morgan fingerprint density at radius 1 is 1.10 bits per heavy atom. The lowest BCUT2D eigenvalue weighted by atomic mass is 9.81. The fourth-order valence-electron chi connectivity index (χ4n) is 3.23. The van der Waals surface area contributed by atoms with Gasteiger partial charge in [-0.25, -0.2) is 0 Å². The molecule has 1 aliphatic rings. The molecular weight excluding hydrogens is 342 g/mol. The first-order chi connectivity index (χ1) is 10.2. The van der Waals surface area contributed by atoms with Gasteiger partial charge in [0.05, 0.1) is 0 Å². The van der Waals surface area contributed by atoms with Crippen molar-refractivity contribution in [2.45, 2.75) is 35.4 Å². The van der Waals surface area contributed by atoms with E-state index in [0.717, 1.165) is 4.47 Å². The van der Waals surface area contributed by atoms with Gasteiger partial charge in [-0.2, -0.15) is 0 Å². The van der Waals surface area contributed by atoms with E-state index in [1.54, 1.807) is 0 Å². The number of halogens is 1. The minimum absolute atomic E-state index is 0.418. The number of rotatable bonds is 3. The van der Waals surface area contributed by atoms with E-state index in [1.807, 2.05) is 11.8 Å². The van der Waals surface area contributed by atoms with Crippen LogP contribution >= 0.6 is 27.7 Å². The number of thioether (sulfide) groups is 1. The van der Waals surface area contributed by atoms with Crippen LogP contribution < -0.4 is 5.32 Å². The number of benzene rings is 2. The zero-order chi connectivity index (χ0) is 14.8. The summed E-state index contributed by atoms with van der Waals surface area (Å²) < 4.78 is 1.15. The van der Waals surface area contributed by atoms with Gasteiger partial charge in [0.25, 0.3) is 0 Å². The summed E-state index contributed by atoms with van der Waals surface area (Å²) in [5, 5.41) is 4.10. The second-order valence-electron chi connectivity index (χ2n) is 5.65. The van der Waals surface area contributed by atoms with Crippen LogP contribution in [0.1, 0.15) is 36.4 Å². The van der Waals surface area contributed by atoms with Gasteiger partial charge in [-0.1, -0.05) is 53.2 Å². The highest BCUT2D eigenvalue weighted by Gasteiger charge is 2.32. The summed E-state index contributed by atoms with van der Waals surface area (Å²) in [6, 6.07) is 17.9. The van der Waals surface area contributed by atoms with Crippen LogP contribution in [0.5, 0.6) is 0 Å². The smallest absolute Gasteiger partial charge is 0.0444 e. The molecule has 0 aromatic heterocycles. The Morgan fingerprint density at radius 3 is 2.57 bits per heavy atom. The summed E-state index contributed by atoms with van der Waals surface area (Å²) >= 11 is 5.55. The second kappa shape index (κ2) is 6.55. The molecule has 21 heavy (non-hydrogen) atoms. The van der Waals surface area contributed by atoms with E-state index in [9.17, 15) is 0 Å². The van der Waals surface area contributed by atoms with Gasteiger partial charge < -0.3 is 5.32 Å². The van der Waals surface area contributed by atoms with E-state index in [1.165, 1.54) is 22.4 Å². The Kier molecular flexibility index (Phi) is 4.72. The quantitative estimate of drug-likeness (QED) is 0.787. The summed E-state index contributed by atoms with van der Waals surface area (Å²) in [4.78, 5) is 1.33. The summed E-state index contributed by atoms with van der Waals surface area (Å²) in [6.07, 6.45) is 1.21. The fourth-order valence-corrected chi connectivity index (χ4v) is 5.28. The molecule has 3 heteroatoms. The van der Waals surface area contributed by atoms with Crippen molar-refractivity contribution in [2.75, 3.05) is 7.05 Å². The molecule has 0 bridgehead atoms. The van der Waals surface area contributed by atoms with Gasteiger partial charge in [0.15, 0.2) is 0 Å². The summed E-state index contributed by atoms with van der Waals surface area (Å²) in [7, 11) is 2.08. The first kappa shape index (κ1) is 15.1. The number of fused-ring (bicyclic) bond motifs is 1. The molecule has 3 unspecified atom stereocenters. The standard InChI is InChI=1S/C18H20BrNS/c1-12-10-17(21-14-7-5-6-13(19)11-14)18(20-2)16-9-4-3-8-15(12)16/h3-9,11-12,17-18,20H,10H2,1-2H3. The summed E-state index contributed by atoms with van der Waals surface area (Å²) in [5.41, 5.74) is 2.97. The van der Waals surface area contributed by atoms with Crippen LogP contribution in [0.4, 0.5) is 0 Å². The average Bonchev–Trinajstić information content (AvgIpc) is 2.48. The highest BCUT2D eigenvalue weighted by molar-refractivity contribution is 9.10. The SMILES string of the molecule is CNC1c2ccccc2C(C)CC1Sc1cccc(Br)c1. The predicted octanol–water partition coefficient (Wildman–Crippen LogP) is 5.38. The van der Waals surface area contributed by atoms with Crippen LogP contribution in [0.25, 0.3) is 0 Å². The largest absolute Gasteiger partial charge is 0.312 e. The van der Waals surface area contributed by atoms with E-state index in [2.05, 4.69) is 83.7 Å². The Morgan fingerprint density at radius 2 is 1.86 bits per heavy atom. The van der Waals surface area contributed by atoms with Crippen molar-refractivity contribution in [1.82, 2.24) is 5.32 Å². The molecule has 1 nitrogen and oxygen atoms in total. The molecule has 3 atom stereocenters. The molecule has 0 heterocycles. The van der Waals surface area contributed by atoms with Crippen molar-refractivity contribution < 1.29 is 0 Å². The van der Waals surface area contributed by atoms with Crippen LogP contribution in [-0.4, -0.2) is 12.3 Å². The Hall–Kier alpha value is -0.770. The van der Waals surface area contributed by atoms with E-state index >= 15 is 0 Å². The maximum absolute atomic E-state index is 3.57. The van der Waals surface area contributed by atoms with Crippen molar-refractivity contribution in [2.24, 2.45) is 0 Å². The Balaban J connectivity index is 1.89. The number of nitrogens with one attached hydrogen (secondary N) is 1. The summed E-state index contributed by atoms with van der Waals surface area (Å²) in [6.45, 7) is 2.35. The molecule has 2 aromatic carbocycles. The van der Waals surface area contributed by atoms with Gasteiger partial charge in [0, 0.05) is 20.7 Å². The highest BCUT2D eigenvalue weighted by Crippen LogP contribution is 2.44. The third-order valence-corrected chi connectivity index (χ3v) is 6.00. The average molecular weight is 362 g/mol. The van der Waals surface area contributed by atoms with Crippen LogP contribution in [-0.2, 0) is 0 Å². The van der Waals surface area contributed by atoms with Gasteiger partial charge in [-0.15, -0.1) is 11.8 Å². The zero-order valence-corrected chi connectivity index (χ0v) is 14.7. The molecule has 1 aliphatic carbocycles. The van der Waals surface area contributed by atoms with Gasteiger partial charge in [-0.05, 0) is 48.7 Å². The van der Waals surface area contributed by atoms with Crippen LogP contribution in [0.2, 0.25) is 0 Å². The molecule has 1 N–H and O–H groups in total. The normalized spacial score (nSPS) is 24.6. The second-order valence-corrected chi connectivity index (χ2v) is 7.87. The molecule has 0 amide bonds. The maximum atomic E-state index is 3.57. The van der Waals surface area contributed by atoms with E-state index in [-0.39, 0.29) is 0 Å². The molecule has 2 aromatic rings. The Labute approximate surface area is 139 Å². The molecule has 0 fully saturated rings. The van der Waals surface area contributed by atoms with Gasteiger partial charge in [0.1, 0.15) is 0 Å². The molecule has 3 rings (SSSR count). The summed E-state index contributed by atoms with van der Waals surface area (Å²) in [5.74, 6) is 0.621. The van der Waals surface area contributed by atoms with Crippen LogP contribution in [0.15, 0.2) is 57.9 Å². The van der Waals surface area contributed by atoms with Crippen molar-refractivity contribution in [3.05, 3.63) is 64.1 Å².